The molecule has 0 aliphatic heterocycles. The maximum atomic E-state index is 12.9. The summed E-state index contributed by atoms with van der Waals surface area (Å²) in [5.41, 5.74) is 4.61. The van der Waals surface area contributed by atoms with Crippen molar-refractivity contribution in [2.45, 2.75) is 52.4 Å². The lowest BCUT2D eigenvalue weighted by Crippen LogP contribution is -2.24. The van der Waals surface area contributed by atoms with Gasteiger partial charge in [-0.3, -0.25) is 4.79 Å². The molecule has 0 aliphatic rings. The largest absolute Gasteiger partial charge is 0.352 e. The van der Waals surface area contributed by atoms with Gasteiger partial charge in [-0.2, -0.15) is 0 Å². The third-order valence-corrected chi connectivity index (χ3v) is 5.09. The molecule has 0 unspecified atom stereocenters. The zero-order valence-electron chi connectivity index (χ0n) is 17.0. The third-order valence-electron chi connectivity index (χ3n) is 5.09. The fraction of sp³-hybridized carbons (Fsp3) is 0.360. The van der Waals surface area contributed by atoms with Crippen molar-refractivity contribution >= 4 is 16.8 Å². The highest BCUT2D eigenvalue weighted by Gasteiger charge is 2.13. The number of nitrogens with one attached hydrogen (secondary N) is 1. The maximum Gasteiger partial charge on any atom is 0.252 e. The van der Waals surface area contributed by atoms with Crippen molar-refractivity contribution in [1.82, 2.24) is 10.3 Å². The smallest absolute Gasteiger partial charge is 0.252 e. The third kappa shape index (κ3) is 5.19. The number of para-hydroxylation sites is 1. The van der Waals surface area contributed by atoms with Gasteiger partial charge < -0.3 is 5.32 Å². The summed E-state index contributed by atoms with van der Waals surface area (Å²) in [5.74, 6) is -0.0129. The molecule has 0 saturated carbocycles. The average molecular weight is 375 g/mol. The molecular formula is C25H30N2O. The number of aryl methyl sites for hydroxylation is 1. The highest BCUT2D eigenvalue weighted by Crippen LogP contribution is 2.25. The standard InChI is InChI=1S/C25H30N2O/c1-3-4-5-6-7-10-16-26-25(28)22-18-24(20-13-11-12-19(2)17-20)27-23-15-9-8-14-21(22)23/h8-9,11-15,17-18H,3-7,10,16H2,1-2H3,(H,26,28). The summed E-state index contributed by atoms with van der Waals surface area (Å²) in [7, 11) is 0. The van der Waals surface area contributed by atoms with Crippen molar-refractivity contribution in [2.24, 2.45) is 0 Å². The van der Waals surface area contributed by atoms with Gasteiger partial charge in [0.05, 0.1) is 16.8 Å². The van der Waals surface area contributed by atoms with Crippen molar-refractivity contribution in [1.29, 1.82) is 0 Å². The first-order valence-electron chi connectivity index (χ1n) is 10.4. The number of pyridine rings is 1. The molecule has 0 radical (unpaired) electrons. The van der Waals surface area contributed by atoms with Crippen LogP contribution in [0.25, 0.3) is 22.2 Å². The summed E-state index contributed by atoms with van der Waals surface area (Å²) in [4.78, 5) is 17.7. The maximum absolute atomic E-state index is 12.9. The average Bonchev–Trinajstić information content (AvgIpc) is 2.72. The van der Waals surface area contributed by atoms with Crippen molar-refractivity contribution in [3.8, 4) is 11.3 Å². The monoisotopic (exact) mass is 374 g/mol. The lowest BCUT2D eigenvalue weighted by atomic mass is 10.0. The lowest BCUT2D eigenvalue weighted by Gasteiger charge is -2.11. The summed E-state index contributed by atoms with van der Waals surface area (Å²) in [6.07, 6.45) is 7.31. The summed E-state index contributed by atoms with van der Waals surface area (Å²) < 4.78 is 0. The summed E-state index contributed by atoms with van der Waals surface area (Å²) in [5, 5.41) is 4.01. The molecule has 3 aromatic rings. The Balaban J connectivity index is 1.76. The fourth-order valence-corrected chi connectivity index (χ4v) is 3.52. The van der Waals surface area contributed by atoms with Gasteiger partial charge >= 0.3 is 0 Å². The minimum absolute atomic E-state index is 0.0129. The first kappa shape index (κ1) is 20.1. The number of amides is 1. The van der Waals surface area contributed by atoms with Crippen LogP contribution in [0.15, 0.2) is 54.6 Å². The van der Waals surface area contributed by atoms with Gasteiger partial charge in [-0.05, 0) is 31.5 Å². The van der Waals surface area contributed by atoms with Crippen LogP contribution in [-0.4, -0.2) is 17.4 Å². The fourth-order valence-electron chi connectivity index (χ4n) is 3.52. The Hall–Kier alpha value is -2.68. The zero-order valence-corrected chi connectivity index (χ0v) is 17.0. The minimum atomic E-state index is -0.0129. The second kappa shape index (κ2) is 10.0. The van der Waals surface area contributed by atoms with Crippen LogP contribution < -0.4 is 5.32 Å². The number of nitrogens with zero attached hydrogens (tertiary/aromatic N) is 1. The van der Waals surface area contributed by atoms with Crippen molar-refractivity contribution in [3.63, 3.8) is 0 Å². The summed E-state index contributed by atoms with van der Waals surface area (Å²) in [6, 6.07) is 18.0. The van der Waals surface area contributed by atoms with Gasteiger partial charge in [0.15, 0.2) is 0 Å². The van der Waals surface area contributed by atoms with Gasteiger partial charge in [-0.1, -0.05) is 81.0 Å². The second-order valence-electron chi connectivity index (χ2n) is 7.47. The summed E-state index contributed by atoms with van der Waals surface area (Å²) in [6.45, 7) is 5.02. The number of carbonyl (C=O) groups excluding carboxylic acids is 1. The van der Waals surface area contributed by atoms with Crippen LogP contribution in [0.1, 0.15) is 61.4 Å². The minimum Gasteiger partial charge on any atom is -0.352 e. The molecule has 0 bridgehead atoms. The van der Waals surface area contributed by atoms with Gasteiger partial charge in [0, 0.05) is 17.5 Å². The van der Waals surface area contributed by atoms with Gasteiger partial charge in [0.25, 0.3) is 5.91 Å². The Morgan fingerprint density at radius 3 is 2.54 bits per heavy atom. The molecule has 1 heterocycles. The SMILES string of the molecule is CCCCCCCCNC(=O)c1cc(-c2cccc(C)c2)nc2ccccc12. The highest BCUT2D eigenvalue weighted by atomic mass is 16.1. The van der Waals surface area contributed by atoms with Crippen molar-refractivity contribution < 1.29 is 4.79 Å². The highest BCUT2D eigenvalue weighted by molar-refractivity contribution is 6.07. The van der Waals surface area contributed by atoms with Gasteiger partial charge in [0.1, 0.15) is 0 Å². The number of hydrogen-bond acceptors (Lipinski definition) is 2. The first-order valence-corrected chi connectivity index (χ1v) is 10.4. The molecule has 2 aromatic carbocycles. The zero-order chi connectivity index (χ0) is 19.8. The molecular weight excluding hydrogens is 344 g/mol. The van der Waals surface area contributed by atoms with Crippen LogP contribution in [0, 0.1) is 6.92 Å². The molecule has 146 valence electrons. The van der Waals surface area contributed by atoms with Crippen LogP contribution in [0.3, 0.4) is 0 Å². The van der Waals surface area contributed by atoms with E-state index in [1.807, 2.05) is 42.5 Å². The Kier molecular flexibility index (Phi) is 7.18. The van der Waals surface area contributed by atoms with Gasteiger partial charge in [0.2, 0.25) is 0 Å². The van der Waals surface area contributed by atoms with E-state index < -0.39 is 0 Å². The molecule has 0 aliphatic carbocycles. The number of benzene rings is 2. The van der Waals surface area contributed by atoms with Gasteiger partial charge in [-0.15, -0.1) is 0 Å². The van der Waals surface area contributed by atoms with Crippen molar-refractivity contribution in [2.75, 3.05) is 6.54 Å². The Morgan fingerprint density at radius 1 is 0.929 bits per heavy atom. The molecule has 1 amide bonds. The second-order valence-corrected chi connectivity index (χ2v) is 7.47. The van der Waals surface area contributed by atoms with Crippen LogP contribution >= 0.6 is 0 Å². The first-order chi connectivity index (χ1) is 13.7. The van der Waals surface area contributed by atoms with E-state index in [-0.39, 0.29) is 5.91 Å². The van der Waals surface area contributed by atoms with Gasteiger partial charge in [-0.25, -0.2) is 4.98 Å². The Labute approximate surface area is 168 Å². The predicted octanol–water partition coefficient (Wildman–Crippen LogP) is 6.30. The Morgan fingerprint density at radius 2 is 1.71 bits per heavy atom. The topological polar surface area (TPSA) is 42.0 Å². The number of carbonyl (C=O) groups is 1. The number of hydrogen-bond donors (Lipinski definition) is 1. The molecule has 3 heteroatoms. The van der Waals surface area contributed by atoms with Crippen LogP contribution in [0.5, 0.6) is 0 Å². The number of rotatable bonds is 9. The van der Waals surface area contributed by atoms with E-state index in [0.717, 1.165) is 35.1 Å². The number of aromatic nitrogens is 1. The molecule has 0 atom stereocenters. The molecule has 0 saturated heterocycles. The van der Waals surface area contributed by atoms with Crippen LogP contribution in [0.4, 0.5) is 0 Å². The van der Waals surface area contributed by atoms with Crippen LogP contribution in [-0.2, 0) is 0 Å². The van der Waals surface area contributed by atoms with Crippen molar-refractivity contribution in [3.05, 3.63) is 65.7 Å². The molecule has 28 heavy (non-hydrogen) atoms. The lowest BCUT2D eigenvalue weighted by molar-refractivity contribution is 0.0954. The molecule has 1 N–H and O–H groups in total. The quantitative estimate of drug-likeness (QED) is 0.447. The normalized spacial score (nSPS) is 10.9. The van der Waals surface area contributed by atoms with E-state index in [2.05, 4.69) is 31.3 Å². The predicted molar refractivity (Wildman–Crippen MR) is 118 cm³/mol. The van der Waals surface area contributed by atoms with E-state index >= 15 is 0 Å². The van der Waals surface area contributed by atoms with E-state index in [4.69, 9.17) is 4.98 Å². The molecule has 1 aromatic heterocycles. The molecule has 0 spiro atoms. The number of unbranched alkanes of at least 4 members (excludes halogenated alkanes) is 5. The Bertz CT molecular complexity index is 933. The molecule has 3 rings (SSSR count). The molecule has 3 nitrogen and oxygen atoms in total. The van der Waals surface area contributed by atoms with E-state index in [1.54, 1.807) is 0 Å². The van der Waals surface area contributed by atoms with E-state index in [0.29, 0.717) is 5.56 Å². The van der Waals surface area contributed by atoms with E-state index in [9.17, 15) is 4.79 Å². The number of fused-ring (bicyclic) bond motifs is 1. The van der Waals surface area contributed by atoms with Crippen LogP contribution in [0.2, 0.25) is 0 Å². The summed E-state index contributed by atoms with van der Waals surface area (Å²) >= 11 is 0. The molecule has 0 fully saturated rings. The van der Waals surface area contributed by atoms with E-state index in [1.165, 1.54) is 37.7 Å².